The van der Waals surface area contributed by atoms with Crippen molar-refractivity contribution in [2.75, 3.05) is 24.7 Å². The van der Waals surface area contributed by atoms with Crippen molar-refractivity contribution in [1.29, 1.82) is 0 Å². The molecule has 2 heterocycles. The number of aromatic carboxylic acids is 1. The van der Waals surface area contributed by atoms with Gasteiger partial charge < -0.3 is 15.7 Å². The van der Waals surface area contributed by atoms with Gasteiger partial charge in [-0.2, -0.15) is 4.98 Å². The van der Waals surface area contributed by atoms with Crippen LogP contribution in [0.5, 0.6) is 0 Å². The predicted molar refractivity (Wildman–Crippen MR) is 106 cm³/mol. The molecule has 0 saturated carbocycles. The van der Waals surface area contributed by atoms with E-state index in [2.05, 4.69) is 19.9 Å². The first-order chi connectivity index (χ1) is 13.8. The molecule has 1 amide bonds. The Hall–Kier alpha value is -4.28. The SMILES string of the molecule is CN(C)/C=C(\c1cnc2nc(N)[nH]c(=O)c2n1)N(C=O)c1ccc(C(=O)O)cc1. The predicted octanol–water partition coefficient (Wildman–Crippen LogP) is 0.517. The number of benzene rings is 1. The lowest BCUT2D eigenvalue weighted by Crippen LogP contribution is -2.23. The zero-order valence-electron chi connectivity index (χ0n) is 15.5. The van der Waals surface area contributed by atoms with Crippen molar-refractivity contribution >= 4 is 40.9 Å². The van der Waals surface area contributed by atoms with Gasteiger partial charge in [0.15, 0.2) is 11.2 Å². The number of nitrogen functional groups attached to an aromatic ring is 1. The van der Waals surface area contributed by atoms with Gasteiger partial charge in [0.2, 0.25) is 12.4 Å². The van der Waals surface area contributed by atoms with Crippen molar-refractivity contribution < 1.29 is 14.7 Å². The summed E-state index contributed by atoms with van der Waals surface area (Å²) in [5, 5.41) is 9.06. The fourth-order valence-corrected chi connectivity index (χ4v) is 2.58. The van der Waals surface area contributed by atoms with E-state index in [0.29, 0.717) is 17.8 Å². The van der Waals surface area contributed by atoms with Gasteiger partial charge in [-0.1, -0.05) is 0 Å². The normalized spacial score (nSPS) is 11.3. The summed E-state index contributed by atoms with van der Waals surface area (Å²) in [6, 6.07) is 5.74. The van der Waals surface area contributed by atoms with Gasteiger partial charge >= 0.3 is 5.97 Å². The van der Waals surface area contributed by atoms with Crippen LogP contribution in [-0.2, 0) is 4.79 Å². The van der Waals surface area contributed by atoms with Crippen LogP contribution in [0.3, 0.4) is 0 Å². The highest BCUT2D eigenvalue weighted by Crippen LogP contribution is 2.25. The first-order valence-corrected chi connectivity index (χ1v) is 8.29. The summed E-state index contributed by atoms with van der Waals surface area (Å²) >= 11 is 0. The molecule has 2 aromatic heterocycles. The lowest BCUT2D eigenvalue weighted by molar-refractivity contribution is -0.106. The second kappa shape index (κ2) is 7.76. The van der Waals surface area contributed by atoms with Gasteiger partial charge in [-0.25, -0.2) is 14.8 Å². The Morgan fingerprint density at radius 2 is 1.90 bits per heavy atom. The molecule has 4 N–H and O–H groups in total. The molecule has 148 valence electrons. The highest BCUT2D eigenvalue weighted by Gasteiger charge is 2.18. The van der Waals surface area contributed by atoms with Crippen LogP contribution in [0.2, 0.25) is 0 Å². The van der Waals surface area contributed by atoms with E-state index in [1.165, 1.54) is 35.4 Å². The van der Waals surface area contributed by atoms with Crippen molar-refractivity contribution in [3.8, 4) is 0 Å². The minimum absolute atomic E-state index is 0.0339. The van der Waals surface area contributed by atoms with E-state index < -0.39 is 11.5 Å². The maximum Gasteiger partial charge on any atom is 0.335 e. The lowest BCUT2D eigenvalue weighted by atomic mass is 10.2. The number of nitrogens with one attached hydrogen (secondary N) is 1. The van der Waals surface area contributed by atoms with Gasteiger partial charge in [0, 0.05) is 26.0 Å². The monoisotopic (exact) mass is 395 g/mol. The molecule has 3 rings (SSSR count). The number of anilines is 2. The molecule has 0 bridgehead atoms. The first kappa shape index (κ1) is 19.5. The van der Waals surface area contributed by atoms with Crippen LogP contribution < -0.4 is 16.2 Å². The number of carboxylic acids is 1. The number of fused-ring (bicyclic) bond motifs is 1. The molecule has 29 heavy (non-hydrogen) atoms. The number of carbonyl (C=O) groups excluding carboxylic acids is 1. The van der Waals surface area contributed by atoms with E-state index in [1.54, 1.807) is 25.2 Å². The summed E-state index contributed by atoms with van der Waals surface area (Å²) in [7, 11) is 3.50. The number of H-pyrrole nitrogens is 1. The molecule has 0 aliphatic rings. The zero-order valence-corrected chi connectivity index (χ0v) is 15.5. The number of aromatic amines is 1. The highest BCUT2D eigenvalue weighted by molar-refractivity contribution is 5.96. The number of nitrogens with two attached hydrogens (primary N) is 1. The van der Waals surface area contributed by atoms with Gasteiger partial charge in [-0.15, -0.1) is 0 Å². The van der Waals surface area contributed by atoms with Crippen LogP contribution in [-0.4, -0.2) is 56.4 Å². The summed E-state index contributed by atoms with van der Waals surface area (Å²) < 4.78 is 0. The average Bonchev–Trinajstić information content (AvgIpc) is 2.67. The van der Waals surface area contributed by atoms with Crippen LogP contribution in [0.25, 0.3) is 16.9 Å². The minimum atomic E-state index is -1.08. The van der Waals surface area contributed by atoms with Gasteiger partial charge in [-0.05, 0) is 24.3 Å². The van der Waals surface area contributed by atoms with Gasteiger partial charge in [0.1, 0.15) is 5.69 Å². The summed E-state index contributed by atoms with van der Waals surface area (Å²) in [6.45, 7) is 0. The smallest absolute Gasteiger partial charge is 0.335 e. The second-order valence-corrected chi connectivity index (χ2v) is 6.18. The van der Waals surface area contributed by atoms with E-state index in [4.69, 9.17) is 10.8 Å². The molecule has 3 aromatic rings. The molecular formula is C18H17N7O4. The van der Waals surface area contributed by atoms with Crippen LogP contribution in [0, 0.1) is 0 Å². The minimum Gasteiger partial charge on any atom is -0.478 e. The molecule has 11 nitrogen and oxygen atoms in total. The molecule has 0 unspecified atom stereocenters. The van der Waals surface area contributed by atoms with Crippen molar-refractivity contribution in [2.45, 2.75) is 0 Å². The van der Waals surface area contributed by atoms with Crippen molar-refractivity contribution in [1.82, 2.24) is 24.8 Å². The van der Waals surface area contributed by atoms with Gasteiger partial charge in [0.25, 0.3) is 5.56 Å². The van der Waals surface area contributed by atoms with E-state index in [0.717, 1.165) is 0 Å². The van der Waals surface area contributed by atoms with E-state index >= 15 is 0 Å². The van der Waals surface area contributed by atoms with E-state index in [-0.39, 0.29) is 28.4 Å². The van der Waals surface area contributed by atoms with Crippen LogP contribution in [0.4, 0.5) is 11.6 Å². The quantitative estimate of drug-likeness (QED) is 0.506. The summed E-state index contributed by atoms with van der Waals surface area (Å²) in [5.41, 5.74) is 6.04. The Morgan fingerprint density at radius 3 is 2.48 bits per heavy atom. The van der Waals surface area contributed by atoms with Crippen molar-refractivity contribution in [3.05, 3.63) is 58.3 Å². The lowest BCUT2D eigenvalue weighted by Gasteiger charge is -2.22. The number of rotatable bonds is 6. The van der Waals surface area contributed by atoms with E-state index in [1.807, 2.05) is 0 Å². The fourth-order valence-electron chi connectivity index (χ4n) is 2.58. The Morgan fingerprint density at radius 1 is 1.21 bits per heavy atom. The molecule has 0 fully saturated rings. The Kier molecular flexibility index (Phi) is 5.21. The summed E-state index contributed by atoms with van der Waals surface area (Å²) in [6.07, 6.45) is 3.54. The Balaban J connectivity index is 2.14. The molecule has 0 atom stereocenters. The molecule has 0 radical (unpaired) electrons. The molecule has 11 heteroatoms. The third kappa shape index (κ3) is 4.03. The van der Waals surface area contributed by atoms with Crippen LogP contribution >= 0.6 is 0 Å². The maximum atomic E-state index is 12.2. The molecule has 0 saturated heterocycles. The zero-order chi connectivity index (χ0) is 21.1. The number of amides is 1. The topological polar surface area (TPSA) is 158 Å². The number of carbonyl (C=O) groups is 2. The first-order valence-electron chi connectivity index (χ1n) is 8.29. The highest BCUT2D eigenvalue weighted by atomic mass is 16.4. The Labute approximate surface area is 164 Å². The number of hydrogen-bond donors (Lipinski definition) is 3. The summed E-state index contributed by atoms with van der Waals surface area (Å²) in [4.78, 5) is 52.8. The van der Waals surface area contributed by atoms with Gasteiger partial charge in [0.05, 0.1) is 17.5 Å². The molecule has 0 spiro atoms. The van der Waals surface area contributed by atoms with Crippen molar-refractivity contribution in [2.24, 2.45) is 0 Å². The number of nitrogens with zero attached hydrogens (tertiary/aromatic N) is 5. The standard InChI is InChI=1S/C18H17N7O4/c1-24(2)8-13(25(9-26)11-5-3-10(4-6-11)17(28)29)12-7-20-15-14(21-12)16(27)23-18(19)22-15/h3-9H,1-2H3,(H,28,29)(H3,19,20,22,23,27)/b13-8+. The Bertz CT molecular complexity index is 1170. The third-order valence-corrected chi connectivity index (χ3v) is 3.84. The second-order valence-electron chi connectivity index (χ2n) is 6.18. The molecule has 1 aromatic carbocycles. The average molecular weight is 395 g/mol. The largest absolute Gasteiger partial charge is 0.478 e. The molecular weight excluding hydrogens is 378 g/mol. The van der Waals surface area contributed by atoms with Crippen molar-refractivity contribution in [3.63, 3.8) is 0 Å². The number of carboxylic acid groups (broad SMARTS) is 1. The summed E-state index contributed by atoms with van der Waals surface area (Å²) in [5.74, 6) is -1.16. The fraction of sp³-hybridized carbons (Fsp3) is 0.111. The van der Waals surface area contributed by atoms with E-state index in [9.17, 15) is 14.4 Å². The molecule has 0 aliphatic heterocycles. The third-order valence-electron chi connectivity index (χ3n) is 3.84. The van der Waals surface area contributed by atoms with Gasteiger partial charge in [-0.3, -0.25) is 19.5 Å². The van der Waals surface area contributed by atoms with Crippen LogP contribution in [0.1, 0.15) is 16.1 Å². The number of aromatic nitrogens is 4. The maximum absolute atomic E-state index is 12.2. The van der Waals surface area contributed by atoms with Crippen LogP contribution in [0.15, 0.2) is 41.5 Å². The molecule has 0 aliphatic carbocycles. The number of hydrogen-bond acceptors (Lipinski definition) is 8.